The molecule has 4 aromatic rings. The summed E-state index contributed by atoms with van der Waals surface area (Å²) < 4.78 is 22.1. The van der Waals surface area contributed by atoms with Gasteiger partial charge in [0.25, 0.3) is 5.91 Å². The van der Waals surface area contributed by atoms with Crippen molar-refractivity contribution >= 4 is 16.9 Å². The smallest absolute Gasteiger partial charge is 0.254 e. The summed E-state index contributed by atoms with van der Waals surface area (Å²) in [5.74, 6) is 1.34. The largest absolute Gasteiger partial charge is 0.491 e. The first-order chi connectivity index (χ1) is 16.5. The Balaban J connectivity index is 1.39. The molecule has 0 saturated carbocycles. The van der Waals surface area contributed by atoms with Crippen molar-refractivity contribution in [3.8, 4) is 5.75 Å². The Morgan fingerprint density at radius 1 is 1.03 bits per heavy atom. The minimum Gasteiger partial charge on any atom is -0.491 e. The predicted octanol–water partition coefficient (Wildman–Crippen LogP) is 5.74. The molecule has 0 radical (unpaired) electrons. The van der Waals surface area contributed by atoms with E-state index >= 15 is 0 Å². The standard InChI is InChI=1S/C28H30FN3O2/c1-20(2)21-10-4-8-15-26(21)34-19-18-32-25-14-7-6-13-24(25)31-27(32)16-9-17-30-28(33)22-11-3-5-12-23(22)29/h3-8,10-15,20H,9,16-19H2,1-2H3,(H,30,33). The van der Waals surface area contributed by atoms with Gasteiger partial charge < -0.3 is 14.6 Å². The van der Waals surface area contributed by atoms with E-state index in [2.05, 4.69) is 35.9 Å². The van der Waals surface area contributed by atoms with Crippen molar-refractivity contribution in [2.24, 2.45) is 0 Å². The molecule has 0 bridgehead atoms. The molecule has 0 saturated heterocycles. The molecule has 5 nitrogen and oxygen atoms in total. The van der Waals surface area contributed by atoms with E-state index in [1.807, 2.05) is 36.4 Å². The lowest BCUT2D eigenvalue weighted by molar-refractivity contribution is 0.0949. The fourth-order valence-electron chi connectivity index (χ4n) is 4.09. The van der Waals surface area contributed by atoms with Gasteiger partial charge >= 0.3 is 0 Å². The molecule has 6 heteroatoms. The number of rotatable bonds is 10. The molecule has 0 fully saturated rings. The van der Waals surface area contributed by atoms with E-state index in [1.54, 1.807) is 12.1 Å². The zero-order valence-electron chi connectivity index (χ0n) is 19.6. The van der Waals surface area contributed by atoms with Crippen LogP contribution in [0.1, 0.15) is 47.9 Å². The Hall–Kier alpha value is -3.67. The Morgan fingerprint density at radius 3 is 2.59 bits per heavy atom. The van der Waals surface area contributed by atoms with Gasteiger partial charge in [0.05, 0.1) is 23.1 Å². The summed E-state index contributed by atoms with van der Waals surface area (Å²) in [6, 6.07) is 22.2. The number of carbonyl (C=O) groups is 1. The van der Waals surface area contributed by atoms with Crippen LogP contribution in [0.25, 0.3) is 11.0 Å². The molecule has 0 aliphatic carbocycles. The van der Waals surface area contributed by atoms with Crippen LogP contribution in [0, 0.1) is 5.82 Å². The van der Waals surface area contributed by atoms with Crippen molar-refractivity contribution in [3.63, 3.8) is 0 Å². The second-order valence-electron chi connectivity index (χ2n) is 8.55. The molecule has 0 aliphatic heterocycles. The monoisotopic (exact) mass is 459 g/mol. The number of nitrogens with one attached hydrogen (secondary N) is 1. The van der Waals surface area contributed by atoms with Crippen LogP contribution in [0.5, 0.6) is 5.75 Å². The molecule has 1 aromatic heterocycles. The number of halogens is 1. The number of aromatic nitrogens is 2. The first-order valence-corrected chi connectivity index (χ1v) is 11.7. The van der Waals surface area contributed by atoms with E-state index in [0.717, 1.165) is 22.6 Å². The lowest BCUT2D eigenvalue weighted by atomic mass is 10.0. The summed E-state index contributed by atoms with van der Waals surface area (Å²) in [4.78, 5) is 17.1. The SMILES string of the molecule is CC(C)c1ccccc1OCCn1c(CCCNC(=O)c2ccccc2F)nc2ccccc21. The van der Waals surface area contributed by atoms with Gasteiger partial charge in [-0.25, -0.2) is 9.37 Å². The van der Waals surface area contributed by atoms with Crippen molar-refractivity contribution in [2.75, 3.05) is 13.2 Å². The first kappa shape index (κ1) is 23.5. The quantitative estimate of drug-likeness (QED) is 0.308. The number of imidazole rings is 1. The molecule has 0 unspecified atom stereocenters. The number of fused-ring (bicyclic) bond motifs is 1. The molecule has 3 aromatic carbocycles. The third-order valence-electron chi connectivity index (χ3n) is 5.83. The molecule has 176 valence electrons. The summed E-state index contributed by atoms with van der Waals surface area (Å²) in [6.07, 6.45) is 1.38. The number of hydrogen-bond donors (Lipinski definition) is 1. The highest BCUT2D eigenvalue weighted by Crippen LogP contribution is 2.26. The van der Waals surface area contributed by atoms with E-state index in [-0.39, 0.29) is 5.56 Å². The fourth-order valence-corrected chi connectivity index (χ4v) is 4.09. The molecule has 0 spiro atoms. The molecule has 1 amide bonds. The van der Waals surface area contributed by atoms with Gasteiger partial charge in [-0.05, 0) is 48.2 Å². The van der Waals surface area contributed by atoms with Gasteiger partial charge in [-0.15, -0.1) is 0 Å². The Bertz CT molecular complexity index is 1270. The van der Waals surface area contributed by atoms with Crippen molar-refractivity contribution in [1.29, 1.82) is 0 Å². The van der Waals surface area contributed by atoms with Crippen molar-refractivity contribution in [3.05, 3.63) is 95.6 Å². The maximum absolute atomic E-state index is 13.8. The topological polar surface area (TPSA) is 56.1 Å². The number of hydrogen-bond acceptors (Lipinski definition) is 3. The summed E-state index contributed by atoms with van der Waals surface area (Å²) in [6.45, 7) is 5.96. The minimum absolute atomic E-state index is 0.0635. The van der Waals surface area contributed by atoms with Crippen LogP contribution in [0.15, 0.2) is 72.8 Å². The molecule has 0 aliphatic rings. The van der Waals surface area contributed by atoms with Gasteiger partial charge in [0.15, 0.2) is 0 Å². The van der Waals surface area contributed by atoms with Gasteiger partial charge in [-0.3, -0.25) is 4.79 Å². The second-order valence-corrected chi connectivity index (χ2v) is 8.55. The summed E-state index contributed by atoms with van der Waals surface area (Å²) in [5, 5.41) is 2.80. The number of nitrogens with zero attached hydrogens (tertiary/aromatic N) is 2. The third kappa shape index (κ3) is 5.45. The van der Waals surface area contributed by atoms with Gasteiger partial charge in [-0.2, -0.15) is 0 Å². The van der Waals surface area contributed by atoms with Crippen molar-refractivity contribution in [1.82, 2.24) is 14.9 Å². The van der Waals surface area contributed by atoms with Gasteiger partial charge in [-0.1, -0.05) is 56.3 Å². The highest BCUT2D eigenvalue weighted by molar-refractivity contribution is 5.94. The highest BCUT2D eigenvalue weighted by Gasteiger charge is 2.13. The normalized spacial score (nSPS) is 11.2. The maximum atomic E-state index is 13.8. The van der Waals surface area contributed by atoms with E-state index < -0.39 is 11.7 Å². The van der Waals surface area contributed by atoms with Crippen LogP contribution in [0.4, 0.5) is 4.39 Å². The lowest BCUT2D eigenvalue weighted by Crippen LogP contribution is -2.26. The molecule has 34 heavy (non-hydrogen) atoms. The predicted molar refractivity (Wildman–Crippen MR) is 133 cm³/mol. The van der Waals surface area contributed by atoms with Gasteiger partial charge in [0.1, 0.15) is 24.0 Å². The summed E-state index contributed by atoms with van der Waals surface area (Å²) in [7, 11) is 0. The zero-order valence-corrected chi connectivity index (χ0v) is 19.6. The van der Waals surface area contributed by atoms with Crippen LogP contribution in [0.3, 0.4) is 0 Å². The number of ether oxygens (including phenoxy) is 1. The highest BCUT2D eigenvalue weighted by atomic mass is 19.1. The molecule has 0 atom stereocenters. The van der Waals surface area contributed by atoms with Crippen LogP contribution in [0.2, 0.25) is 0 Å². The Morgan fingerprint density at radius 2 is 1.76 bits per heavy atom. The molecule has 1 heterocycles. The van der Waals surface area contributed by atoms with Crippen LogP contribution >= 0.6 is 0 Å². The lowest BCUT2D eigenvalue weighted by Gasteiger charge is -2.15. The van der Waals surface area contributed by atoms with Crippen LogP contribution in [-0.4, -0.2) is 28.6 Å². The average Bonchev–Trinajstić information content (AvgIpc) is 3.19. The maximum Gasteiger partial charge on any atom is 0.254 e. The average molecular weight is 460 g/mol. The second kappa shape index (κ2) is 11.0. The first-order valence-electron chi connectivity index (χ1n) is 11.7. The minimum atomic E-state index is -0.513. The fraction of sp³-hybridized carbons (Fsp3) is 0.286. The van der Waals surface area contributed by atoms with E-state index in [0.29, 0.717) is 38.5 Å². The van der Waals surface area contributed by atoms with E-state index in [1.165, 1.54) is 17.7 Å². The van der Waals surface area contributed by atoms with Crippen LogP contribution < -0.4 is 10.1 Å². The van der Waals surface area contributed by atoms with E-state index in [4.69, 9.17) is 9.72 Å². The third-order valence-corrected chi connectivity index (χ3v) is 5.83. The zero-order chi connectivity index (χ0) is 23.9. The number of para-hydroxylation sites is 3. The number of benzene rings is 3. The van der Waals surface area contributed by atoms with Gasteiger partial charge in [0.2, 0.25) is 0 Å². The molecular formula is C28H30FN3O2. The summed E-state index contributed by atoms with van der Waals surface area (Å²) >= 11 is 0. The van der Waals surface area contributed by atoms with Crippen LogP contribution in [-0.2, 0) is 13.0 Å². The Kier molecular flexibility index (Phi) is 7.58. The summed E-state index contributed by atoms with van der Waals surface area (Å²) in [5.41, 5.74) is 3.27. The van der Waals surface area contributed by atoms with E-state index in [9.17, 15) is 9.18 Å². The number of aryl methyl sites for hydroxylation is 1. The number of amides is 1. The molecule has 1 N–H and O–H groups in total. The Labute approximate surface area is 199 Å². The number of carbonyl (C=O) groups excluding carboxylic acids is 1. The van der Waals surface area contributed by atoms with Crippen molar-refractivity contribution < 1.29 is 13.9 Å². The molecule has 4 rings (SSSR count). The van der Waals surface area contributed by atoms with Gasteiger partial charge in [0, 0.05) is 13.0 Å². The molecular weight excluding hydrogens is 429 g/mol. The van der Waals surface area contributed by atoms with Crippen molar-refractivity contribution in [2.45, 2.75) is 39.2 Å².